The second-order valence-electron chi connectivity index (χ2n) is 3.60. The lowest BCUT2D eigenvalue weighted by Crippen LogP contribution is -2.28. The molecule has 78 valence electrons. The first-order chi connectivity index (χ1) is 6.16. The van der Waals surface area contributed by atoms with Crippen LogP contribution in [0.25, 0.3) is 0 Å². The fraction of sp³-hybridized carbons (Fsp3) is 0.900. The molecule has 0 aliphatic heterocycles. The number of carbonyl (C=O) groups is 1. The maximum atomic E-state index is 11.0. The van der Waals surface area contributed by atoms with Gasteiger partial charge in [-0.05, 0) is 18.9 Å². The molecule has 0 fully saturated rings. The maximum absolute atomic E-state index is 11.0. The van der Waals surface area contributed by atoms with Gasteiger partial charge in [0.25, 0.3) is 0 Å². The van der Waals surface area contributed by atoms with Crippen LogP contribution >= 0.6 is 0 Å². The van der Waals surface area contributed by atoms with Gasteiger partial charge < -0.3 is 10.1 Å². The first-order valence-electron chi connectivity index (χ1n) is 5.03. The Bertz CT molecular complexity index is 135. The lowest BCUT2D eigenvalue weighted by Gasteiger charge is -2.07. The number of unbranched alkanes of at least 4 members (excludes halogenated alkanes) is 1. The van der Waals surface area contributed by atoms with Gasteiger partial charge in [-0.3, -0.25) is 4.79 Å². The van der Waals surface area contributed by atoms with Crippen LogP contribution < -0.4 is 5.32 Å². The van der Waals surface area contributed by atoms with Crippen molar-refractivity contribution in [3.05, 3.63) is 0 Å². The zero-order valence-corrected chi connectivity index (χ0v) is 8.93. The van der Waals surface area contributed by atoms with Gasteiger partial charge in [-0.15, -0.1) is 0 Å². The van der Waals surface area contributed by atoms with E-state index in [9.17, 15) is 4.79 Å². The molecule has 0 bridgehead atoms. The topological polar surface area (TPSA) is 38.3 Å². The molecule has 0 aliphatic carbocycles. The van der Waals surface area contributed by atoms with E-state index in [4.69, 9.17) is 4.74 Å². The SMILES string of the molecule is CCCCOC(=O)CNCC(C)C. The number of hydrogen-bond acceptors (Lipinski definition) is 3. The highest BCUT2D eigenvalue weighted by molar-refractivity contribution is 5.71. The Labute approximate surface area is 80.8 Å². The molecule has 0 aromatic rings. The van der Waals surface area contributed by atoms with E-state index < -0.39 is 0 Å². The molecule has 0 aromatic carbocycles. The molecule has 0 unspecified atom stereocenters. The summed E-state index contributed by atoms with van der Waals surface area (Å²) in [5.74, 6) is 0.428. The molecule has 3 heteroatoms. The molecule has 0 atom stereocenters. The van der Waals surface area contributed by atoms with Crippen molar-refractivity contribution in [1.82, 2.24) is 5.32 Å². The Kier molecular flexibility index (Phi) is 7.69. The van der Waals surface area contributed by atoms with Gasteiger partial charge in [0.2, 0.25) is 0 Å². The van der Waals surface area contributed by atoms with E-state index >= 15 is 0 Å². The highest BCUT2D eigenvalue weighted by Crippen LogP contribution is 1.89. The van der Waals surface area contributed by atoms with Crippen molar-refractivity contribution in [2.75, 3.05) is 19.7 Å². The first kappa shape index (κ1) is 12.4. The van der Waals surface area contributed by atoms with Crippen LogP contribution in [0.4, 0.5) is 0 Å². The van der Waals surface area contributed by atoms with Crippen LogP contribution in [0.5, 0.6) is 0 Å². The number of nitrogens with one attached hydrogen (secondary N) is 1. The Morgan fingerprint density at radius 1 is 1.46 bits per heavy atom. The molecule has 0 aromatic heterocycles. The summed E-state index contributed by atoms with van der Waals surface area (Å²) < 4.78 is 4.96. The average Bonchev–Trinajstić information content (AvgIpc) is 2.04. The fourth-order valence-corrected chi connectivity index (χ4v) is 0.844. The number of rotatable bonds is 7. The van der Waals surface area contributed by atoms with E-state index in [1.54, 1.807) is 0 Å². The van der Waals surface area contributed by atoms with E-state index in [-0.39, 0.29) is 5.97 Å². The third-order valence-electron chi connectivity index (χ3n) is 1.58. The van der Waals surface area contributed by atoms with Gasteiger partial charge >= 0.3 is 5.97 Å². The average molecular weight is 187 g/mol. The molecule has 0 radical (unpaired) electrons. The van der Waals surface area contributed by atoms with E-state index in [0.717, 1.165) is 19.4 Å². The molecule has 3 nitrogen and oxygen atoms in total. The van der Waals surface area contributed by atoms with Crippen LogP contribution in [-0.4, -0.2) is 25.7 Å². The molecule has 1 N–H and O–H groups in total. The summed E-state index contributed by atoms with van der Waals surface area (Å²) in [4.78, 5) is 11.0. The zero-order valence-electron chi connectivity index (χ0n) is 8.93. The Morgan fingerprint density at radius 3 is 2.69 bits per heavy atom. The second-order valence-corrected chi connectivity index (χ2v) is 3.60. The number of esters is 1. The Morgan fingerprint density at radius 2 is 2.15 bits per heavy atom. The van der Waals surface area contributed by atoms with Gasteiger partial charge in [-0.25, -0.2) is 0 Å². The van der Waals surface area contributed by atoms with Gasteiger partial charge in [-0.1, -0.05) is 27.2 Å². The van der Waals surface area contributed by atoms with E-state index in [2.05, 4.69) is 26.1 Å². The normalized spacial score (nSPS) is 10.5. The van der Waals surface area contributed by atoms with Crippen LogP contribution in [0.15, 0.2) is 0 Å². The number of carbonyl (C=O) groups excluding carboxylic acids is 1. The Hall–Kier alpha value is -0.570. The molecule has 0 rings (SSSR count). The standard InChI is InChI=1S/C10H21NO2/c1-4-5-6-13-10(12)8-11-7-9(2)3/h9,11H,4-8H2,1-3H3. The largest absolute Gasteiger partial charge is 0.465 e. The molecule has 0 amide bonds. The maximum Gasteiger partial charge on any atom is 0.319 e. The predicted octanol–water partition coefficient (Wildman–Crippen LogP) is 1.58. The van der Waals surface area contributed by atoms with Crippen LogP contribution in [-0.2, 0) is 9.53 Å². The van der Waals surface area contributed by atoms with E-state index in [1.165, 1.54) is 0 Å². The van der Waals surface area contributed by atoms with Crippen LogP contribution in [0.1, 0.15) is 33.6 Å². The van der Waals surface area contributed by atoms with Crippen molar-refractivity contribution in [3.63, 3.8) is 0 Å². The summed E-state index contributed by atoms with van der Waals surface area (Å²) >= 11 is 0. The van der Waals surface area contributed by atoms with Gasteiger partial charge in [0, 0.05) is 0 Å². The second kappa shape index (κ2) is 8.05. The smallest absolute Gasteiger partial charge is 0.319 e. The van der Waals surface area contributed by atoms with Gasteiger partial charge in [0.05, 0.1) is 13.2 Å². The van der Waals surface area contributed by atoms with Crippen molar-refractivity contribution >= 4 is 5.97 Å². The van der Waals surface area contributed by atoms with Crippen molar-refractivity contribution < 1.29 is 9.53 Å². The van der Waals surface area contributed by atoms with Crippen LogP contribution in [0, 0.1) is 5.92 Å². The highest BCUT2D eigenvalue weighted by atomic mass is 16.5. The predicted molar refractivity (Wildman–Crippen MR) is 53.6 cm³/mol. The third kappa shape index (κ3) is 9.34. The minimum atomic E-state index is -0.144. The fourth-order valence-electron chi connectivity index (χ4n) is 0.844. The molecule has 0 heterocycles. The monoisotopic (exact) mass is 187 g/mol. The minimum Gasteiger partial charge on any atom is -0.465 e. The molecule has 0 saturated heterocycles. The quantitative estimate of drug-likeness (QED) is 0.485. The lowest BCUT2D eigenvalue weighted by molar-refractivity contribution is -0.142. The third-order valence-corrected chi connectivity index (χ3v) is 1.58. The van der Waals surface area contributed by atoms with Crippen molar-refractivity contribution in [3.8, 4) is 0 Å². The van der Waals surface area contributed by atoms with Gasteiger partial charge in [-0.2, -0.15) is 0 Å². The van der Waals surface area contributed by atoms with Crippen molar-refractivity contribution in [1.29, 1.82) is 0 Å². The molecule has 0 spiro atoms. The molecular formula is C10H21NO2. The molecule has 0 saturated carbocycles. The minimum absolute atomic E-state index is 0.144. The van der Waals surface area contributed by atoms with Gasteiger partial charge in [0.1, 0.15) is 0 Å². The molecular weight excluding hydrogens is 166 g/mol. The summed E-state index contributed by atoms with van der Waals surface area (Å²) in [5, 5.41) is 3.04. The van der Waals surface area contributed by atoms with E-state index in [1.807, 2.05) is 0 Å². The lowest BCUT2D eigenvalue weighted by atomic mass is 10.2. The summed E-state index contributed by atoms with van der Waals surface area (Å²) in [7, 11) is 0. The summed E-state index contributed by atoms with van der Waals surface area (Å²) in [6.45, 7) is 8.04. The molecule has 0 aliphatic rings. The number of hydrogen-bond donors (Lipinski definition) is 1. The first-order valence-corrected chi connectivity index (χ1v) is 5.03. The molecule has 13 heavy (non-hydrogen) atoms. The summed E-state index contributed by atoms with van der Waals surface area (Å²) in [6.07, 6.45) is 2.02. The van der Waals surface area contributed by atoms with Crippen molar-refractivity contribution in [2.45, 2.75) is 33.6 Å². The summed E-state index contributed by atoms with van der Waals surface area (Å²) in [6, 6.07) is 0. The number of ether oxygens (including phenoxy) is 1. The van der Waals surface area contributed by atoms with Gasteiger partial charge in [0.15, 0.2) is 0 Å². The van der Waals surface area contributed by atoms with Crippen LogP contribution in [0.2, 0.25) is 0 Å². The van der Waals surface area contributed by atoms with E-state index in [0.29, 0.717) is 19.1 Å². The Balaban J connectivity index is 3.20. The summed E-state index contributed by atoms with van der Waals surface area (Å²) in [5.41, 5.74) is 0. The van der Waals surface area contributed by atoms with Crippen molar-refractivity contribution in [2.24, 2.45) is 5.92 Å². The zero-order chi connectivity index (χ0) is 10.1. The highest BCUT2D eigenvalue weighted by Gasteiger charge is 2.01. The van der Waals surface area contributed by atoms with Crippen LogP contribution in [0.3, 0.4) is 0 Å².